The van der Waals surface area contributed by atoms with Crippen LogP contribution in [0.4, 0.5) is 0 Å². The number of rotatable bonds is 4. The first-order chi connectivity index (χ1) is 25.2. The van der Waals surface area contributed by atoms with Crippen LogP contribution in [0, 0.1) is 5.92 Å². The fourth-order valence-corrected chi connectivity index (χ4v) is 7.67. The Morgan fingerprint density at radius 2 is 1.00 bits per heavy atom. The Kier molecular flexibility index (Phi) is 6.85. The highest BCUT2D eigenvalue weighted by atomic mass is 14.8. The van der Waals surface area contributed by atoms with Crippen molar-refractivity contribution >= 4 is 55.5 Å². The zero-order chi connectivity index (χ0) is 33.9. The van der Waals surface area contributed by atoms with E-state index < -0.39 is 0 Å². The van der Waals surface area contributed by atoms with Gasteiger partial charge >= 0.3 is 0 Å². The first-order valence-electron chi connectivity index (χ1n) is 17.7. The standard InChI is InChI=1S/C48H33N3/c1-30-11-26-44-41(29-30)45-39-10-6-5-7-33(39)22-25-40(45)46(51-44)36-18-14-32(15-19-36)31-12-16-35(17-13-31)43-28-24-38-21-20-37-23-27-42(34-8-3-2-4-9-34)49-47(37)48(38)50-43/h2-10,12-30H,11H2,1H3. The Labute approximate surface area is 295 Å². The number of hydrogen-bond acceptors (Lipinski definition) is 3. The smallest absolute Gasteiger partial charge is 0.0972 e. The third-order valence-electron chi connectivity index (χ3n) is 10.4. The first-order valence-corrected chi connectivity index (χ1v) is 17.7. The number of fused-ring (bicyclic) bond motifs is 8. The summed E-state index contributed by atoms with van der Waals surface area (Å²) in [6.07, 6.45) is 5.73. The van der Waals surface area contributed by atoms with Crippen molar-refractivity contribution in [2.45, 2.75) is 13.3 Å². The number of aromatic nitrogens is 3. The summed E-state index contributed by atoms with van der Waals surface area (Å²) in [6.45, 7) is 2.29. The third-order valence-corrected chi connectivity index (χ3v) is 10.4. The monoisotopic (exact) mass is 651 g/mol. The van der Waals surface area contributed by atoms with E-state index >= 15 is 0 Å². The molecule has 3 heterocycles. The molecule has 6 aromatic carbocycles. The van der Waals surface area contributed by atoms with E-state index in [1.807, 2.05) is 18.2 Å². The summed E-state index contributed by atoms with van der Waals surface area (Å²) in [4.78, 5) is 15.5. The van der Waals surface area contributed by atoms with Crippen molar-refractivity contribution in [3.05, 3.63) is 162 Å². The Balaban J connectivity index is 1.00. The maximum absolute atomic E-state index is 5.26. The molecule has 0 saturated heterocycles. The van der Waals surface area contributed by atoms with E-state index in [4.69, 9.17) is 15.0 Å². The summed E-state index contributed by atoms with van der Waals surface area (Å²) in [6, 6.07) is 53.8. The summed E-state index contributed by atoms with van der Waals surface area (Å²) in [7, 11) is 0. The Bertz CT molecular complexity index is 2930. The van der Waals surface area contributed by atoms with Gasteiger partial charge in [0.15, 0.2) is 0 Å². The maximum Gasteiger partial charge on any atom is 0.0972 e. The van der Waals surface area contributed by atoms with Crippen LogP contribution in [-0.2, 0) is 0 Å². The molecule has 1 unspecified atom stereocenters. The molecule has 1 aliphatic rings. The molecule has 0 bridgehead atoms. The van der Waals surface area contributed by atoms with Gasteiger partial charge in [-0.2, -0.15) is 0 Å². The minimum atomic E-state index is 0.500. The van der Waals surface area contributed by atoms with E-state index in [2.05, 4.69) is 153 Å². The minimum absolute atomic E-state index is 0.500. The molecule has 0 amide bonds. The van der Waals surface area contributed by atoms with Gasteiger partial charge < -0.3 is 0 Å². The predicted octanol–water partition coefficient (Wildman–Crippen LogP) is 10.8. The van der Waals surface area contributed by atoms with Gasteiger partial charge in [0.25, 0.3) is 0 Å². The quantitative estimate of drug-likeness (QED) is 0.178. The highest BCUT2D eigenvalue weighted by Gasteiger charge is 2.15. The molecule has 0 fully saturated rings. The van der Waals surface area contributed by atoms with Crippen molar-refractivity contribution in [2.75, 3.05) is 0 Å². The zero-order valence-corrected chi connectivity index (χ0v) is 28.2. The molecule has 0 saturated carbocycles. The van der Waals surface area contributed by atoms with Crippen LogP contribution in [0.5, 0.6) is 0 Å². The molecular formula is C48H33N3. The van der Waals surface area contributed by atoms with E-state index in [0.717, 1.165) is 72.9 Å². The maximum atomic E-state index is 5.26. The van der Waals surface area contributed by atoms with Crippen LogP contribution in [-0.4, -0.2) is 15.0 Å². The van der Waals surface area contributed by atoms with Crippen LogP contribution in [0.25, 0.3) is 100 Å². The van der Waals surface area contributed by atoms with Gasteiger partial charge in [0.2, 0.25) is 0 Å². The summed E-state index contributed by atoms with van der Waals surface area (Å²) in [5, 5.41) is 9.58. The van der Waals surface area contributed by atoms with Crippen LogP contribution in [0.2, 0.25) is 0 Å². The van der Waals surface area contributed by atoms with Crippen molar-refractivity contribution in [3.63, 3.8) is 0 Å². The van der Waals surface area contributed by atoms with E-state index in [9.17, 15) is 0 Å². The van der Waals surface area contributed by atoms with Gasteiger partial charge in [0.05, 0.1) is 33.5 Å². The normalized spacial score (nSPS) is 14.0. The van der Waals surface area contributed by atoms with E-state index in [0.29, 0.717) is 5.92 Å². The molecule has 3 heteroatoms. The molecule has 10 rings (SSSR count). The Morgan fingerprint density at radius 3 is 1.69 bits per heavy atom. The van der Waals surface area contributed by atoms with Crippen LogP contribution in [0.1, 0.15) is 13.3 Å². The van der Waals surface area contributed by atoms with Crippen molar-refractivity contribution < 1.29 is 0 Å². The molecule has 9 aromatic rings. The topological polar surface area (TPSA) is 38.7 Å². The van der Waals surface area contributed by atoms with Crippen molar-refractivity contribution in [1.29, 1.82) is 0 Å². The van der Waals surface area contributed by atoms with Crippen molar-refractivity contribution in [2.24, 2.45) is 5.92 Å². The van der Waals surface area contributed by atoms with Crippen LogP contribution >= 0.6 is 0 Å². The summed E-state index contributed by atoms with van der Waals surface area (Å²) >= 11 is 0. The number of benzene rings is 6. The van der Waals surface area contributed by atoms with Crippen LogP contribution in [0.3, 0.4) is 0 Å². The number of nitrogens with zero attached hydrogens (tertiary/aromatic N) is 3. The lowest BCUT2D eigenvalue weighted by Crippen LogP contribution is -2.33. The fraction of sp³-hybridized carbons (Fsp3) is 0.0625. The molecular weight excluding hydrogens is 619 g/mol. The summed E-state index contributed by atoms with van der Waals surface area (Å²) < 4.78 is 0. The van der Waals surface area contributed by atoms with Gasteiger partial charge in [-0.3, -0.25) is 0 Å². The fourth-order valence-electron chi connectivity index (χ4n) is 7.67. The third kappa shape index (κ3) is 5.09. The first kappa shape index (κ1) is 29.5. The van der Waals surface area contributed by atoms with Crippen molar-refractivity contribution in [3.8, 4) is 44.9 Å². The molecule has 0 spiro atoms. The van der Waals surface area contributed by atoms with Gasteiger partial charge in [0, 0.05) is 43.5 Å². The highest BCUT2D eigenvalue weighted by molar-refractivity contribution is 6.12. The van der Waals surface area contributed by atoms with Crippen molar-refractivity contribution in [1.82, 2.24) is 15.0 Å². The molecule has 0 radical (unpaired) electrons. The number of pyridine rings is 3. The van der Waals surface area contributed by atoms with E-state index in [1.54, 1.807) is 0 Å². The second-order valence-corrected chi connectivity index (χ2v) is 13.7. The van der Waals surface area contributed by atoms with Crippen LogP contribution < -0.4 is 10.6 Å². The average Bonchev–Trinajstić information content (AvgIpc) is 3.20. The molecule has 1 aliphatic carbocycles. The Morgan fingerprint density at radius 1 is 0.451 bits per heavy atom. The highest BCUT2D eigenvalue weighted by Crippen LogP contribution is 2.33. The lowest BCUT2D eigenvalue weighted by Gasteiger charge is -2.15. The molecule has 51 heavy (non-hydrogen) atoms. The largest absolute Gasteiger partial charge is 0.247 e. The second-order valence-electron chi connectivity index (χ2n) is 13.7. The van der Waals surface area contributed by atoms with Gasteiger partial charge in [-0.25, -0.2) is 15.0 Å². The number of hydrogen-bond donors (Lipinski definition) is 0. The lowest BCUT2D eigenvalue weighted by atomic mass is 9.92. The molecule has 1 atom stereocenters. The van der Waals surface area contributed by atoms with Gasteiger partial charge in [-0.05, 0) is 46.4 Å². The summed E-state index contributed by atoms with van der Waals surface area (Å²) in [5.41, 5.74) is 10.4. The molecule has 0 aliphatic heterocycles. The molecule has 3 nitrogen and oxygen atoms in total. The van der Waals surface area contributed by atoms with Gasteiger partial charge in [-0.15, -0.1) is 0 Å². The van der Waals surface area contributed by atoms with Gasteiger partial charge in [0.1, 0.15) is 0 Å². The molecule has 240 valence electrons. The Hall–Kier alpha value is -6.45. The zero-order valence-electron chi connectivity index (χ0n) is 28.2. The van der Waals surface area contributed by atoms with Gasteiger partial charge in [-0.1, -0.05) is 159 Å². The second kappa shape index (κ2) is 11.9. The average molecular weight is 652 g/mol. The molecule has 3 aromatic heterocycles. The lowest BCUT2D eigenvalue weighted by molar-refractivity contribution is 0.797. The summed E-state index contributed by atoms with van der Waals surface area (Å²) in [5.74, 6) is 0.500. The van der Waals surface area contributed by atoms with E-state index in [-0.39, 0.29) is 0 Å². The van der Waals surface area contributed by atoms with Crippen LogP contribution in [0.15, 0.2) is 152 Å². The van der Waals surface area contributed by atoms with E-state index in [1.165, 1.54) is 32.3 Å². The SMILES string of the molecule is CC1C=c2c(nc(-c3ccc(-c4ccc(-c5ccc6ccc7ccc(-c8ccccc8)nc7c6n5)cc4)cc3)c3ccc4ccccc4c23)=CC1. The predicted molar refractivity (Wildman–Crippen MR) is 214 cm³/mol. The molecule has 0 N–H and O–H groups in total. The minimum Gasteiger partial charge on any atom is -0.247 e.